The van der Waals surface area contributed by atoms with E-state index in [9.17, 15) is 0 Å². The van der Waals surface area contributed by atoms with Crippen LogP contribution in [0.2, 0.25) is 0 Å². The summed E-state index contributed by atoms with van der Waals surface area (Å²) >= 11 is 3.54. The Balaban J connectivity index is 2.51. The van der Waals surface area contributed by atoms with Crippen LogP contribution in [-0.2, 0) is 0 Å². The third-order valence-electron chi connectivity index (χ3n) is 2.79. The van der Waals surface area contributed by atoms with Gasteiger partial charge in [-0.3, -0.25) is 0 Å². The van der Waals surface area contributed by atoms with Gasteiger partial charge in [0, 0.05) is 27.1 Å². The summed E-state index contributed by atoms with van der Waals surface area (Å²) in [5, 5.41) is 8.01. The fourth-order valence-corrected chi connectivity index (χ4v) is 4.03. The van der Waals surface area contributed by atoms with Crippen molar-refractivity contribution in [3.05, 3.63) is 35.4 Å². The van der Waals surface area contributed by atoms with Crippen LogP contribution >= 0.6 is 22.7 Å². The van der Waals surface area contributed by atoms with E-state index in [2.05, 4.69) is 32.9 Å². The van der Waals surface area contributed by atoms with Crippen molar-refractivity contribution in [2.24, 2.45) is 0 Å². The number of thiophene rings is 2. The van der Waals surface area contributed by atoms with Crippen LogP contribution in [0.15, 0.2) is 35.4 Å². The fraction of sp³-hybridized carbons (Fsp3) is 0. The van der Waals surface area contributed by atoms with Crippen molar-refractivity contribution in [3.63, 3.8) is 0 Å². The second-order valence-corrected chi connectivity index (χ2v) is 5.44. The first-order chi connectivity index (χ1) is 7.95. The molecule has 0 aliphatic heterocycles. The summed E-state index contributed by atoms with van der Waals surface area (Å²) in [6.07, 6.45) is 3.54. The third-order valence-corrected chi connectivity index (χ3v) is 4.66. The van der Waals surface area contributed by atoms with Crippen LogP contribution in [0.5, 0.6) is 0 Å². The summed E-state index contributed by atoms with van der Waals surface area (Å²) in [4.78, 5) is 8.55. The van der Waals surface area contributed by atoms with E-state index in [1.807, 2.05) is 6.20 Å². The number of hydrogen-bond donors (Lipinski definition) is 0. The maximum Gasteiger partial charge on any atom is 0.116 e. The Morgan fingerprint density at radius 3 is 2.62 bits per heavy atom. The van der Waals surface area contributed by atoms with Gasteiger partial charge in [0.15, 0.2) is 0 Å². The van der Waals surface area contributed by atoms with Gasteiger partial charge in [0.1, 0.15) is 6.33 Å². The minimum absolute atomic E-state index is 1.07. The lowest BCUT2D eigenvalue weighted by molar-refractivity contribution is 1.23. The van der Waals surface area contributed by atoms with Gasteiger partial charge in [0.2, 0.25) is 0 Å². The first kappa shape index (κ1) is 8.61. The first-order valence-corrected chi connectivity index (χ1v) is 6.67. The molecular weight excluding hydrogens is 236 g/mol. The van der Waals surface area contributed by atoms with Crippen molar-refractivity contribution < 1.29 is 0 Å². The van der Waals surface area contributed by atoms with Gasteiger partial charge in [0.05, 0.1) is 10.2 Å². The van der Waals surface area contributed by atoms with Gasteiger partial charge in [-0.15, -0.1) is 22.7 Å². The van der Waals surface area contributed by atoms with Crippen LogP contribution in [0.1, 0.15) is 0 Å². The molecule has 4 rings (SSSR count). The molecule has 1 aromatic carbocycles. The molecule has 0 saturated heterocycles. The summed E-state index contributed by atoms with van der Waals surface area (Å²) < 4.78 is 2.62. The zero-order chi connectivity index (χ0) is 10.5. The van der Waals surface area contributed by atoms with Gasteiger partial charge >= 0.3 is 0 Å². The van der Waals surface area contributed by atoms with Gasteiger partial charge in [-0.2, -0.15) is 0 Å². The molecule has 0 atom stereocenters. The molecule has 4 heteroatoms. The second kappa shape index (κ2) is 2.99. The molecule has 16 heavy (non-hydrogen) atoms. The largest absolute Gasteiger partial charge is 0.244 e. The van der Waals surface area contributed by atoms with E-state index in [1.165, 1.54) is 20.2 Å². The van der Waals surface area contributed by atoms with Gasteiger partial charge in [-0.1, -0.05) is 0 Å². The summed E-state index contributed by atoms with van der Waals surface area (Å²) in [7, 11) is 0. The minimum Gasteiger partial charge on any atom is -0.244 e. The lowest BCUT2D eigenvalue weighted by atomic mass is 10.1. The summed E-state index contributed by atoms with van der Waals surface area (Å²) in [5.41, 5.74) is 1.07. The van der Waals surface area contributed by atoms with E-state index in [0.717, 1.165) is 10.9 Å². The smallest absolute Gasteiger partial charge is 0.116 e. The molecule has 0 amide bonds. The number of rotatable bonds is 0. The zero-order valence-electron chi connectivity index (χ0n) is 8.18. The molecule has 0 unspecified atom stereocenters. The number of nitrogens with zero attached hydrogens (tertiary/aromatic N) is 2. The number of benzene rings is 1. The van der Waals surface area contributed by atoms with Gasteiger partial charge in [-0.05, 0) is 22.9 Å². The van der Waals surface area contributed by atoms with E-state index in [0.29, 0.717) is 0 Å². The molecule has 0 aliphatic carbocycles. The first-order valence-electron chi connectivity index (χ1n) is 4.91. The van der Waals surface area contributed by atoms with E-state index >= 15 is 0 Å². The van der Waals surface area contributed by atoms with Crippen molar-refractivity contribution in [2.75, 3.05) is 0 Å². The molecule has 76 valence electrons. The van der Waals surface area contributed by atoms with Crippen molar-refractivity contribution >= 4 is 53.7 Å². The Morgan fingerprint density at radius 2 is 1.69 bits per heavy atom. The van der Waals surface area contributed by atoms with Crippen molar-refractivity contribution in [1.82, 2.24) is 9.97 Å². The van der Waals surface area contributed by atoms with E-state index in [1.54, 1.807) is 29.0 Å². The van der Waals surface area contributed by atoms with Crippen LogP contribution in [0.4, 0.5) is 0 Å². The molecule has 4 aromatic rings. The van der Waals surface area contributed by atoms with Crippen molar-refractivity contribution in [3.8, 4) is 0 Å². The molecule has 0 radical (unpaired) electrons. The Kier molecular flexibility index (Phi) is 1.61. The minimum atomic E-state index is 1.07. The summed E-state index contributed by atoms with van der Waals surface area (Å²) in [6, 6.07) is 4.34. The number of aromatic nitrogens is 2. The Bertz CT molecular complexity index is 744. The fourth-order valence-electron chi connectivity index (χ4n) is 2.11. The highest BCUT2D eigenvalue weighted by atomic mass is 32.1. The highest BCUT2D eigenvalue weighted by Crippen LogP contribution is 2.38. The lowest BCUT2D eigenvalue weighted by Gasteiger charge is -2.00. The van der Waals surface area contributed by atoms with Gasteiger partial charge in [0.25, 0.3) is 0 Å². The molecule has 0 fully saturated rings. The van der Waals surface area contributed by atoms with Crippen LogP contribution in [0, 0.1) is 0 Å². The number of fused-ring (bicyclic) bond motifs is 6. The summed E-state index contributed by atoms with van der Waals surface area (Å²) in [6.45, 7) is 0. The summed E-state index contributed by atoms with van der Waals surface area (Å²) in [5.74, 6) is 0. The van der Waals surface area contributed by atoms with Crippen molar-refractivity contribution in [1.29, 1.82) is 0 Å². The average molecular weight is 242 g/mol. The number of hydrogen-bond acceptors (Lipinski definition) is 4. The lowest BCUT2D eigenvalue weighted by Crippen LogP contribution is -1.81. The Labute approximate surface area is 99.2 Å². The Morgan fingerprint density at radius 1 is 0.875 bits per heavy atom. The molecule has 0 bridgehead atoms. The van der Waals surface area contributed by atoms with Crippen LogP contribution in [0.3, 0.4) is 0 Å². The topological polar surface area (TPSA) is 25.8 Å². The molecule has 3 heterocycles. The van der Waals surface area contributed by atoms with E-state index < -0.39 is 0 Å². The highest BCUT2D eigenvalue weighted by Gasteiger charge is 2.10. The van der Waals surface area contributed by atoms with Crippen LogP contribution in [-0.4, -0.2) is 9.97 Å². The average Bonchev–Trinajstić information content (AvgIpc) is 2.98. The molecule has 3 aromatic heterocycles. The third kappa shape index (κ3) is 0.956. The second-order valence-electron chi connectivity index (χ2n) is 3.61. The Hall–Kier alpha value is -1.52. The normalized spacial score (nSPS) is 11.8. The standard InChI is InChI=1S/C12H6N2S2/c1-3-15-11-7(1)9-5-13-6-14-10(9)12-8(11)2-4-16-12/h1-6H. The molecule has 2 nitrogen and oxygen atoms in total. The molecule has 0 spiro atoms. The van der Waals surface area contributed by atoms with Gasteiger partial charge in [-0.25, -0.2) is 9.97 Å². The molecular formula is C12H6N2S2. The molecule has 0 saturated carbocycles. The predicted octanol–water partition coefficient (Wildman–Crippen LogP) is 4.06. The van der Waals surface area contributed by atoms with Crippen molar-refractivity contribution in [2.45, 2.75) is 0 Å². The maximum atomic E-state index is 4.42. The SMILES string of the molecule is c1ncc2c3ccsc3c3ccsc3c2n1. The van der Waals surface area contributed by atoms with Gasteiger partial charge < -0.3 is 0 Å². The maximum absolute atomic E-state index is 4.42. The van der Waals surface area contributed by atoms with E-state index in [-0.39, 0.29) is 0 Å². The van der Waals surface area contributed by atoms with E-state index in [4.69, 9.17) is 0 Å². The zero-order valence-corrected chi connectivity index (χ0v) is 9.81. The quantitative estimate of drug-likeness (QED) is 0.464. The van der Waals surface area contributed by atoms with Crippen LogP contribution < -0.4 is 0 Å². The van der Waals surface area contributed by atoms with Crippen LogP contribution in [0.25, 0.3) is 31.1 Å². The highest BCUT2D eigenvalue weighted by molar-refractivity contribution is 7.21. The monoisotopic (exact) mass is 242 g/mol. The predicted molar refractivity (Wildman–Crippen MR) is 70.3 cm³/mol. The molecule has 0 aliphatic rings. The molecule has 0 N–H and O–H groups in total.